The maximum atomic E-state index is 12.1. The Morgan fingerprint density at radius 2 is 2.00 bits per heavy atom. The van der Waals surface area contributed by atoms with Crippen molar-refractivity contribution in [3.05, 3.63) is 0 Å². The summed E-state index contributed by atoms with van der Waals surface area (Å²) in [6, 6.07) is 0.0312. The normalized spacial score (nSPS) is 33.7. The smallest absolute Gasteiger partial charge is 0.332 e. The highest BCUT2D eigenvalue weighted by atomic mass is 16.5. The molecule has 2 rings (SSSR count). The number of rotatable bonds is 2. The van der Waals surface area contributed by atoms with Gasteiger partial charge < -0.3 is 19.5 Å². The molecule has 0 spiro atoms. The summed E-state index contributed by atoms with van der Waals surface area (Å²) < 4.78 is 10.5. The summed E-state index contributed by atoms with van der Waals surface area (Å²) >= 11 is 0. The van der Waals surface area contributed by atoms with Gasteiger partial charge in [-0.1, -0.05) is 0 Å². The van der Waals surface area contributed by atoms with Gasteiger partial charge in [0.05, 0.1) is 19.3 Å². The van der Waals surface area contributed by atoms with Crippen LogP contribution in [0.4, 0.5) is 0 Å². The lowest BCUT2D eigenvalue weighted by atomic mass is 10.1. The molecule has 2 unspecified atom stereocenters. The number of nitrogens with zero attached hydrogens (tertiary/aromatic N) is 1. The lowest BCUT2D eigenvalue weighted by Gasteiger charge is -2.34. The average molecular weight is 243 g/mol. The van der Waals surface area contributed by atoms with Crippen LogP contribution < -0.4 is 0 Å². The molecule has 2 heterocycles. The molecule has 17 heavy (non-hydrogen) atoms. The molecular formula is C11H17NO5. The molecule has 1 N–H and O–H groups in total. The van der Waals surface area contributed by atoms with Crippen LogP contribution in [0.2, 0.25) is 0 Å². The quantitative estimate of drug-likeness (QED) is 0.731. The van der Waals surface area contributed by atoms with Gasteiger partial charge in [-0.25, -0.2) is 4.79 Å². The highest BCUT2D eigenvalue weighted by molar-refractivity contribution is 5.83. The van der Waals surface area contributed by atoms with E-state index in [1.54, 1.807) is 4.90 Å². The van der Waals surface area contributed by atoms with E-state index in [9.17, 15) is 9.59 Å². The third-order valence-electron chi connectivity index (χ3n) is 3.22. The molecule has 2 saturated heterocycles. The summed E-state index contributed by atoms with van der Waals surface area (Å²) in [4.78, 5) is 24.6. The van der Waals surface area contributed by atoms with Gasteiger partial charge in [-0.05, 0) is 19.8 Å². The third-order valence-corrected chi connectivity index (χ3v) is 3.22. The molecule has 1 amide bonds. The van der Waals surface area contributed by atoms with Gasteiger partial charge in [0.2, 0.25) is 0 Å². The van der Waals surface area contributed by atoms with Crippen LogP contribution in [-0.2, 0) is 19.1 Å². The molecule has 3 atom stereocenters. The summed E-state index contributed by atoms with van der Waals surface area (Å²) in [5.74, 6) is -1.10. The fourth-order valence-corrected chi connectivity index (χ4v) is 2.24. The van der Waals surface area contributed by atoms with E-state index in [-0.39, 0.29) is 11.9 Å². The van der Waals surface area contributed by atoms with Crippen LogP contribution >= 0.6 is 0 Å². The molecule has 0 radical (unpaired) electrons. The second-order valence-corrected chi connectivity index (χ2v) is 4.48. The van der Waals surface area contributed by atoms with Crippen LogP contribution in [0.1, 0.15) is 19.8 Å². The maximum Gasteiger partial charge on any atom is 0.332 e. The van der Waals surface area contributed by atoms with Crippen molar-refractivity contribution in [2.24, 2.45) is 0 Å². The first-order valence-corrected chi connectivity index (χ1v) is 5.86. The van der Waals surface area contributed by atoms with Crippen molar-refractivity contribution in [3.63, 3.8) is 0 Å². The molecule has 6 nitrogen and oxygen atoms in total. The molecule has 0 saturated carbocycles. The SMILES string of the molecule is C[C@@H]1COCCN1C(=O)C1CCC(C(=O)O)O1. The van der Waals surface area contributed by atoms with Crippen LogP contribution in [0.25, 0.3) is 0 Å². The minimum Gasteiger partial charge on any atom is -0.479 e. The molecule has 2 aliphatic heterocycles. The van der Waals surface area contributed by atoms with Crippen molar-refractivity contribution < 1.29 is 24.2 Å². The number of aliphatic carboxylic acids is 1. The largest absolute Gasteiger partial charge is 0.479 e. The van der Waals surface area contributed by atoms with E-state index in [1.165, 1.54) is 0 Å². The molecule has 2 fully saturated rings. The van der Waals surface area contributed by atoms with Gasteiger partial charge in [0, 0.05) is 6.54 Å². The van der Waals surface area contributed by atoms with Crippen molar-refractivity contribution >= 4 is 11.9 Å². The Balaban J connectivity index is 1.94. The number of carbonyl (C=O) groups excluding carboxylic acids is 1. The average Bonchev–Trinajstić information content (AvgIpc) is 2.78. The fraction of sp³-hybridized carbons (Fsp3) is 0.818. The standard InChI is InChI=1S/C11H17NO5/c1-7-6-16-5-4-12(7)10(13)8-2-3-9(17-8)11(14)15/h7-9H,2-6H2,1H3,(H,14,15)/t7-,8?,9?/m1/s1. The number of hydrogen-bond acceptors (Lipinski definition) is 4. The molecule has 6 heteroatoms. The first-order chi connectivity index (χ1) is 8.09. The lowest BCUT2D eigenvalue weighted by molar-refractivity contribution is -0.158. The molecule has 0 aromatic heterocycles. The number of hydrogen-bond donors (Lipinski definition) is 1. The number of morpholine rings is 1. The minimum absolute atomic E-state index is 0.0312. The van der Waals surface area contributed by atoms with Crippen LogP contribution in [0.5, 0.6) is 0 Å². The van der Waals surface area contributed by atoms with Crippen molar-refractivity contribution in [1.29, 1.82) is 0 Å². The summed E-state index contributed by atoms with van der Waals surface area (Å²) in [5.41, 5.74) is 0. The van der Waals surface area contributed by atoms with Crippen LogP contribution in [0.15, 0.2) is 0 Å². The predicted octanol–water partition coefficient (Wildman–Crippen LogP) is -0.134. The summed E-state index contributed by atoms with van der Waals surface area (Å²) in [5, 5.41) is 8.81. The Bertz CT molecular complexity index is 319. The van der Waals surface area contributed by atoms with E-state index in [0.717, 1.165) is 0 Å². The van der Waals surface area contributed by atoms with Gasteiger partial charge in [0.25, 0.3) is 5.91 Å². The Kier molecular flexibility index (Phi) is 3.63. The molecule has 0 aromatic rings. The van der Waals surface area contributed by atoms with E-state index in [4.69, 9.17) is 14.6 Å². The second kappa shape index (κ2) is 5.01. The van der Waals surface area contributed by atoms with Gasteiger partial charge in [0.15, 0.2) is 6.10 Å². The Hall–Kier alpha value is -1.14. The molecule has 0 aromatic carbocycles. The number of ether oxygens (including phenoxy) is 2. The zero-order valence-corrected chi connectivity index (χ0v) is 9.80. The third kappa shape index (κ3) is 2.58. The number of amides is 1. The highest BCUT2D eigenvalue weighted by Gasteiger charge is 2.38. The summed E-state index contributed by atoms with van der Waals surface area (Å²) in [7, 11) is 0. The van der Waals surface area contributed by atoms with E-state index >= 15 is 0 Å². The first-order valence-electron chi connectivity index (χ1n) is 5.86. The maximum absolute atomic E-state index is 12.1. The van der Waals surface area contributed by atoms with Crippen molar-refractivity contribution in [1.82, 2.24) is 4.90 Å². The number of carboxylic acids is 1. The van der Waals surface area contributed by atoms with E-state index in [0.29, 0.717) is 32.6 Å². The molecule has 0 bridgehead atoms. The van der Waals surface area contributed by atoms with E-state index in [2.05, 4.69) is 0 Å². The molecule has 0 aliphatic carbocycles. The van der Waals surface area contributed by atoms with E-state index in [1.807, 2.05) is 6.92 Å². The summed E-state index contributed by atoms with van der Waals surface area (Å²) in [6.45, 7) is 3.53. The van der Waals surface area contributed by atoms with Gasteiger partial charge in [-0.3, -0.25) is 4.79 Å². The first kappa shape index (κ1) is 12.3. The lowest BCUT2D eigenvalue weighted by Crippen LogP contribution is -2.50. The topological polar surface area (TPSA) is 76.1 Å². The van der Waals surface area contributed by atoms with Crippen molar-refractivity contribution in [2.45, 2.75) is 38.0 Å². The monoisotopic (exact) mass is 243 g/mol. The zero-order valence-electron chi connectivity index (χ0n) is 9.80. The van der Waals surface area contributed by atoms with Crippen molar-refractivity contribution in [3.8, 4) is 0 Å². The zero-order chi connectivity index (χ0) is 12.4. The molecule has 96 valence electrons. The predicted molar refractivity (Wildman–Crippen MR) is 57.5 cm³/mol. The van der Waals surface area contributed by atoms with Gasteiger partial charge >= 0.3 is 5.97 Å². The fourth-order valence-electron chi connectivity index (χ4n) is 2.24. The Morgan fingerprint density at radius 1 is 1.29 bits per heavy atom. The Labute approximate surface area is 99.5 Å². The molecular weight excluding hydrogens is 226 g/mol. The van der Waals surface area contributed by atoms with Crippen LogP contribution in [-0.4, -0.2) is 59.9 Å². The van der Waals surface area contributed by atoms with Gasteiger partial charge in [-0.2, -0.15) is 0 Å². The number of carbonyl (C=O) groups is 2. The highest BCUT2D eigenvalue weighted by Crippen LogP contribution is 2.23. The minimum atomic E-state index is -0.990. The second-order valence-electron chi connectivity index (χ2n) is 4.48. The van der Waals surface area contributed by atoms with Gasteiger partial charge in [-0.15, -0.1) is 0 Å². The Morgan fingerprint density at radius 3 is 2.59 bits per heavy atom. The van der Waals surface area contributed by atoms with Crippen LogP contribution in [0, 0.1) is 0 Å². The van der Waals surface area contributed by atoms with Gasteiger partial charge in [0.1, 0.15) is 6.10 Å². The molecule has 2 aliphatic rings. The van der Waals surface area contributed by atoms with E-state index < -0.39 is 18.2 Å². The van der Waals surface area contributed by atoms with Crippen LogP contribution in [0.3, 0.4) is 0 Å². The van der Waals surface area contributed by atoms with Crippen molar-refractivity contribution in [2.75, 3.05) is 19.8 Å². The number of carboxylic acid groups (broad SMARTS) is 1. The summed E-state index contributed by atoms with van der Waals surface area (Å²) in [6.07, 6.45) is -0.540.